The Kier molecular flexibility index (Phi) is 6.14. The van der Waals surface area contributed by atoms with Crippen LogP contribution in [-0.4, -0.2) is 29.3 Å². The SMILES string of the molecule is Cc1ccc(NC(=O)Nc2ccc(-c3ccc(N4CCCCC4)nn3)cc2)cc1Cl. The fourth-order valence-corrected chi connectivity index (χ4v) is 3.64. The number of nitrogens with one attached hydrogen (secondary N) is 2. The summed E-state index contributed by atoms with van der Waals surface area (Å²) in [5.74, 6) is 0.935. The van der Waals surface area contributed by atoms with Gasteiger partial charge in [-0.15, -0.1) is 10.2 Å². The van der Waals surface area contributed by atoms with Crippen molar-refractivity contribution in [2.45, 2.75) is 26.2 Å². The van der Waals surface area contributed by atoms with E-state index in [0.717, 1.165) is 35.7 Å². The molecule has 1 aliphatic heterocycles. The molecule has 2 heterocycles. The second-order valence-corrected chi connectivity index (χ2v) is 7.85. The Morgan fingerprint density at radius 1 is 0.900 bits per heavy atom. The molecule has 1 fully saturated rings. The first-order chi connectivity index (χ1) is 14.6. The van der Waals surface area contributed by atoms with Gasteiger partial charge in [0.05, 0.1) is 5.69 Å². The fraction of sp³-hybridized carbons (Fsp3) is 0.261. The minimum Gasteiger partial charge on any atom is -0.355 e. The number of piperidine rings is 1. The van der Waals surface area contributed by atoms with Crippen molar-refractivity contribution in [3.05, 3.63) is 65.2 Å². The third-order valence-corrected chi connectivity index (χ3v) is 5.61. The number of carbonyl (C=O) groups excluding carboxylic acids is 1. The fourth-order valence-electron chi connectivity index (χ4n) is 3.46. The first-order valence-electron chi connectivity index (χ1n) is 10.1. The molecule has 1 aliphatic rings. The van der Waals surface area contributed by atoms with E-state index in [9.17, 15) is 4.79 Å². The summed E-state index contributed by atoms with van der Waals surface area (Å²) in [5, 5.41) is 15.0. The van der Waals surface area contributed by atoms with E-state index in [1.165, 1.54) is 19.3 Å². The number of hydrogen-bond donors (Lipinski definition) is 2. The van der Waals surface area contributed by atoms with Gasteiger partial charge in [0.25, 0.3) is 0 Å². The largest absolute Gasteiger partial charge is 0.355 e. The molecule has 0 aliphatic carbocycles. The van der Waals surface area contributed by atoms with Gasteiger partial charge in [-0.25, -0.2) is 4.79 Å². The predicted octanol–water partition coefficient (Wildman–Crippen LogP) is 5.74. The first-order valence-corrected chi connectivity index (χ1v) is 10.5. The molecular weight excluding hydrogens is 398 g/mol. The van der Waals surface area contributed by atoms with Crippen LogP contribution < -0.4 is 15.5 Å². The minimum absolute atomic E-state index is 0.326. The lowest BCUT2D eigenvalue weighted by Crippen LogP contribution is -2.30. The Hall–Kier alpha value is -3.12. The molecule has 0 atom stereocenters. The van der Waals surface area contributed by atoms with Gasteiger partial charge in [-0.05, 0) is 68.1 Å². The van der Waals surface area contributed by atoms with Crippen LogP contribution in [0.4, 0.5) is 22.0 Å². The summed E-state index contributed by atoms with van der Waals surface area (Å²) in [6.07, 6.45) is 3.71. The zero-order valence-corrected chi connectivity index (χ0v) is 17.6. The van der Waals surface area contributed by atoms with Crippen molar-refractivity contribution in [1.82, 2.24) is 10.2 Å². The monoisotopic (exact) mass is 421 g/mol. The molecule has 1 saturated heterocycles. The molecule has 0 saturated carbocycles. The standard InChI is InChI=1S/C23H24ClN5O/c1-16-5-8-19(15-20(16)24)26-23(30)25-18-9-6-17(7-10-18)21-11-12-22(28-27-21)29-13-3-2-4-14-29/h5-12,15H,2-4,13-14H2,1H3,(H2,25,26,30). The lowest BCUT2D eigenvalue weighted by molar-refractivity contribution is 0.262. The third-order valence-electron chi connectivity index (χ3n) is 5.20. The molecule has 0 bridgehead atoms. The molecule has 2 N–H and O–H groups in total. The highest BCUT2D eigenvalue weighted by Gasteiger charge is 2.13. The normalized spacial score (nSPS) is 13.7. The number of benzene rings is 2. The molecule has 4 rings (SSSR count). The van der Waals surface area contributed by atoms with E-state index in [-0.39, 0.29) is 6.03 Å². The number of urea groups is 1. The maximum absolute atomic E-state index is 12.2. The van der Waals surface area contributed by atoms with Crippen LogP contribution in [0.1, 0.15) is 24.8 Å². The number of rotatable bonds is 4. The van der Waals surface area contributed by atoms with Crippen molar-refractivity contribution >= 4 is 34.8 Å². The molecule has 0 spiro atoms. The van der Waals surface area contributed by atoms with Crippen molar-refractivity contribution in [2.75, 3.05) is 28.6 Å². The average molecular weight is 422 g/mol. The van der Waals surface area contributed by atoms with Crippen LogP contribution in [0.5, 0.6) is 0 Å². The van der Waals surface area contributed by atoms with Gasteiger partial charge in [-0.3, -0.25) is 0 Å². The summed E-state index contributed by atoms with van der Waals surface area (Å²) < 4.78 is 0. The van der Waals surface area contributed by atoms with Gasteiger partial charge in [0.2, 0.25) is 0 Å². The number of anilines is 3. The van der Waals surface area contributed by atoms with Gasteiger partial charge in [0.1, 0.15) is 0 Å². The number of carbonyl (C=O) groups is 1. The molecule has 2 aromatic carbocycles. The van der Waals surface area contributed by atoms with Gasteiger partial charge in [0, 0.05) is 35.1 Å². The van der Waals surface area contributed by atoms with Crippen molar-refractivity contribution in [3.63, 3.8) is 0 Å². The Morgan fingerprint density at radius 3 is 2.27 bits per heavy atom. The maximum atomic E-state index is 12.2. The summed E-state index contributed by atoms with van der Waals surface area (Å²) in [4.78, 5) is 14.5. The molecule has 3 aromatic rings. The molecule has 1 aromatic heterocycles. The van der Waals surface area contributed by atoms with Gasteiger partial charge < -0.3 is 15.5 Å². The lowest BCUT2D eigenvalue weighted by Gasteiger charge is -2.27. The van der Waals surface area contributed by atoms with E-state index >= 15 is 0 Å². The van der Waals surface area contributed by atoms with E-state index in [1.54, 1.807) is 6.07 Å². The molecule has 2 amide bonds. The Morgan fingerprint density at radius 2 is 1.60 bits per heavy atom. The Labute approximate surface area is 181 Å². The first kappa shape index (κ1) is 20.2. The number of aryl methyl sites for hydroxylation is 1. The predicted molar refractivity (Wildman–Crippen MR) is 122 cm³/mol. The molecule has 154 valence electrons. The highest BCUT2D eigenvalue weighted by molar-refractivity contribution is 6.31. The van der Waals surface area contributed by atoms with E-state index < -0.39 is 0 Å². The zero-order valence-electron chi connectivity index (χ0n) is 16.9. The molecule has 0 unspecified atom stereocenters. The zero-order chi connectivity index (χ0) is 20.9. The second-order valence-electron chi connectivity index (χ2n) is 7.44. The minimum atomic E-state index is -0.326. The number of nitrogens with zero attached hydrogens (tertiary/aromatic N) is 3. The highest BCUT2D eigenvalue weighted by atomic mass is 35.5. The van der Waals surface area contributed by atoms with Crippen LogP contribution >= 0.6 is 11.6 Å². The molecule has 7 heteroatoms. The third kappa shape index (κ3) is 4.89. The van der Waals surface area contributed by atoms with E-state index in [2.05, 4.69) is 25.7 Å². The second kappa shape index (κ2) is 9.13. The number of hydrogen-bond acceptors (Lipinski definition) is 4. The summed E-state index contributed by atoms with van der Waals surface area (Å²) in [7, 11) is 0. The average Bonchev–Trinajstić information content (AvgIpc) is 2.77. The lowest BCUT2D eigenvalue weighted by atomic mass is 10.1. The van der Waals surface area contributed by atoms with Gasteiger partial charge >= 0.3 is 6.03 Å². The van der Waals surface area contributed by atoms with Gasteiger partial charge in [-0.2, -0.15) is 0 Å². The highest BCUT2D eigenvalue weighted by Crippen LogP contribution is 2.23. The summed E-state index contributed by atoms with van der Waals surface area (Å²) in [5.41, 5.74) is 4.05. The van der Waals surface area contributed by atoms with Gasteiger partial charge in [-0.1, -0.05) is 29.8 Å². The van der Waals surface area contributed by atoms with Crippen LogP contribution in [0.25, 0.3) is 11.3 Å². The summed E-state index contributed by atoms with van der Waals surface area (Å²) >= 11 is 6.10. The molecule has 0 radical (unpaired) electrons. The van der Waals surface area contributed by atoms with Crippen LogP contribution in [-0.2, 0) is 0 Å². The number of aromatic nitrogens is 2. The molecular formula is C23H24ClN5O. The van der Waals surface area contributed by atoms with Crippen molar-refractivity contribution in [2.24, 2.45) is 0 Å². The van der Waals surface area contributed by atoms with Crippen molar-refractivity contribution < 1.29 is 4.79 Å². The Bertz CT molecular complexity index is 1010. The quantitative estimate of drug-likeness (QED) is 0.563. The summed E-state index contributed by atoms with van der Waals surface area (Å²) in [6.45, 7) is 4.01. The van der Waals surface area contributed by atoms with Crippen LogP contribution in [0.2, 0.25) is 5.02 Å². The topological polar surface area (TPSA) is 70.2 Å². The number of halogens is 1. The number of amides is 2. The summed E-state index contributed by atoms with van der Waals surface area (Å²) in [6, 6.07) is 16.6. The van der Waals surface area contributed by atoms with Crippen LogP contribution in [0, 0.1) is 6.92 Å². The van der Waals surface area contributed by atoms with E-state index in [4.69, 9.17) is 11.6 Å². The smallest absolute Gasteiger partial charge is 0.323 e. The Balaban J connectivity index is 1.37. The van der Waals surface area contributed by atoms with Crippen LogP contribution in [0.15, 0.2) is 54.6 Å². The van der Waals surface area contributed by atoms with E-state index in [1.807, 2.05) is 55.5 Å². The van der Waals surface area contributed by atoms with Gasteiger partial charge in [0.15, 0.2) is 5.82 Å². The maximum Gasteiger partial charge on any atom is 0.323 e. The molecule has 30 heavy (non-hydrogen) atoms. The van der Waals surface area contributed by atoms with E-state index in [0.29, 0.717) is 16.4 Å². The van der Waals surface area contributed by atoms with Crippen LogP contribution in [0.3, 0.4) is 0 Å². The van der Waals surface area contributed by atoms with Crippen molar-refractivity contribution in [1.29, 1.82) is 0 Å². The van der Waals surface area contributed by atoms with Crippen molar-refractivity contribution in [3.8, 4) is 11.3 Å². The molecule has 6 nitrogen and oxygen atoms in total.